The maximum atomic E-state index is 14.1. The first-order valence-electron chi connectivity index (χ1n) is 12.4. The van der Waals surface area contributed by atoms with Gasteiger partial charge in [0, 0.05) is 0 Å². The summed E-state index contributed by atoms with van der Waals surface area (Å²) in [5.41, 5.74) is -0.182. The summed E-state index contributed by atoms with van der Waals surface area (Å²) in [4.78, 5) is 15.9. The van der Waals surface area contributed by atoms with E-state index in [2.05, 4.69) is 31.1 Å². The number of benzene rings is 1. The van der Waals surface area contributed by atoms with Gasteiger partial charge in [-0.1, -0.05) is 0 Å². The zero-order chi connectivity index (χ0) is 24.7. The molecule has 0 aliphatic heterocycles. The second-order valence-electron chi connectivity index (χ2n) is 8.86. The van der Waals surface area contributed by atoms with Crippen LogP contribution in [0, 0.1) is 11.6 Å². The molecule has 1 aromatic rings. The molecular formula is C25H42F2N2O3Sn. The summed E-state index contributed by atoms with van der Waals surface area (Å²) in [6, 6.07) is 2.27. The van der Waals surface area contributed by atoms with Crippen LogP contribution in [0.3, 0.4) is 0 Å². The molecule has 0 saturated heterocycles. The number of rotatable bonds is 17. The molecular weight excluding hydrogens is 533 g/mol. The molecule has 0 aliphatic rings. The van der Waals surface area contributed by atoms with Crippen LogP contribution in [-0.4, -0.2) is 53.5 Å². The van der Waals surface area contributed by atoms with Crippen molar-refractivity contribution < 1.29 is 23.4 Å². The van der Waals surface area contributed by atoms with Crippen molar-refractivity contribution in [1.82, 2.24) is 5.32 Å². The van der Waals surface area contributed by atoms with Crippen molar-refractivity contribution in [3.63, 3.8) is 0 Å². The molecule has 8 heteroatoms. The molecule has 0 spiro atoms. The summed E-state index contributed by atoms with van der Waals surface area (Å²) in [6.45, 7) is 6.99. The van der Waals surface area contributed by atoms with Gasteiger partial charge in [-0.25, -0.2) is 0 Å². The first kappa shape index (κ1) is 29.7. The van der Waals surface area contributed by atoms with Gasteiger partial charge in [0.2, 0.25) is 0 Å². The predicted molar refractivity (Wildman–Crippen MR) is 134 cm³/mol. The zero-order valence-corrected chi connectivity index (χ0v) is 23.6. The molecule has 5 nitrogen and oxygen atoms in total. The van der Waals surface area contributed by atoms with Crippen LogP contribution >= 0.6 is 0 Å². The Labute approximate surface area is 202 Å². The Morgan fingerprint density at radius 2 is 1.58 bits per heavy atom. The van der Waals surface area contributed by atoms with E-state index in [1.165, 1.54) is 26.6 Å². The third kappa shape index (κ3) is 10.2. The molecule has 188 valence electrons. The van der Waals surface area contributed by atoms with Crippen LogP contribution in [0.1, 0.15) is 77.7 Å². The number of aliphatic imine (C=N–C) groups is 1. The topological polar surface area (TPSA) is 70.9 Å². The van der Waals surface area contributed by atoms with Gasteiger partial charge in [0.1, 0.15) is 0 Å². The van der Waals surface area contributed by atoms with Crippen molar-refractivity contribution >= 4 is 30.7 Å². The standard InChI is InChI=1S/C13H15F2N2O3.3C4H9.Sn/c1-20-9-6-11(14)10(12(15)7-9)8-16-4-2-3-5-17-13(18)19;3*1-3-4-2;/h5-8,17H,2-4H2,1H3,(H,18,19);3*1,3-4H2,2H3;/b16-8+;;;;. The van der Waals surface area contributed by atoms with E-state index >= 15 is 0 Å². The SMILES string of the molecule is CCC[CH2][Sn]([CH2]CCC)([CH2]CCC)[CH](CCC/N=C/c1c(F)cc(OC)cc1F)NC(=O)O. The average Bonchev–Trinajstić information content (AvgIpc) is 2.79. The molecule has 0 fully saturated rings. The van der Waals surface area contributed by atoms with Crippen molar-refractivity contribution in [3.05, 3.63) is 29.3 Å². The fourth-order valence-electron chi connectivity index (χ4n) is 4.51. The van der Waals surface area contributed by atoms with Crippen molar-refractivity contribution in [1.29, 1.82) is 0 Å². The molecule has 0 heterocycles. The van der Waals surface area contributed by atoms with E-state index in [1.54, 1.807) is 0 Å². The quantitative estimate of drug-likeness (QED) is 0.117. The fourth-order valence-corrected chi connectivity index (χ4v) is 22.2. The first-order chi connectivity index (χ1) is 15.8. The molecule has 0 aliphatic carbocycles. The van der Waals surface area contributed by atoms with Gasteiger partial charge >= 0.3 is 203 Å². The zero-order valence-electron chi connectivity index (χ0n) is 20.8. The van der Waals surface area contributed by atoms with Gasteiger partial charge in [-0.3, -0.25) is 0 Å². The van der Waals surface area contributed by atoms with Crippen molar-refractivity contribution in [2.45, 2.75) is 89.5 Å². The monoisotopic (exact) mass is 576 g/mol. The minimum absolute atomic E-state index is 0.0473. The van der Waals surface area contributed by atoms with Crippen LogP contribution in [0.5, 0.6) is 5.75 Å². The number of carboxylic acid groups (broad SMARTS) is 1. The van der Waals surface area contributed by atoms with Crippen LogP contribution in [0.25, 0.3) is 0 Å². The van der Waals surface area contributed by atoms with Crippen LogP contribution in [0.4, 0.5) is 13.6 Å². The predicted octanol–water partition coefficient (Wildman–Crippen LogP) is 7.20. The molecule has 0 bridgehead atoms. The van der Waals surface area contributed by atoms with Crippen LogP contribution in [-0.2, 0) is 0 Å². The average molecular weight is 575 g/mol. The van der Waals surface area contributed by atoms with Gasteiger partial charge in [-0.2, -0.15) is 0 Å². The minimum atomic E-state index is -2.81. The van der Waals surface area contributed by atoms with E-state index < -0.39 is 36.1 Å². The summed E-state index contributed by atoms with van der Waals surface area (Å²) in [5.74, 6) is -1.30. The second kappa shape index (κ2) is 16.3. The van der Waals surface area contributed by atoms with E-state index in [0.29, 0.717) is 13.0 Å². The molecule has 1 atom stereocenters. The van der Waals surface area contributed by atoms with Crippen LogP contribution < -0.4 is 10.1 Å². The van der Waals surface area contributed by atoms with E-state index in [4.69, 9.17) is 4.74 Å². The number of ether oxygens (including phenoxy) is 1. The third-order valence-corrected chi connectivity index (χ3v) is 23.4. The van der Waals surface area contributed by atoms with E-state index in [1.807, 2.05) is 0 Å². The summed E-state index contributed by atoms with van der Waals surface area (Å²) >= 11 is -2.81. The number of nitrogens with zero attached hydrogens (tertiary/aromatic N) is 1. The van der Waals surface area contributed by atoms with E-state index in [9.17, 15) is 18.7 Å². The van der Waals surface area contributed by atoms with Crippen LogP contribution in [0.2, 0.25) is 13.3 Å². The molecule has 2 N–H and O–H groups in total. The Hall–Kier alpha value is -1.38. The number of methoxy groups -OCH3 is 1. The number of hydrogen-bond donors (Lipinski definition) is 2. The summed E-state index contributed by atoms with van der Waals surface area (Å²) in [7, 11) is 1.36. The van der Waals surface area contributed by atoms with Crippen molar-refractivity contribution in [3.8, 4) is 5.75 Å². The second-order valence-corrected chi connectivity index (χ2v) is 22.9. The van der Waals surface area contributed by atoms with Gasteiger partial charge in [0.25, 0.3) is 0 Å². The van der Waals surface area contributed by atoms with Crippen LogP contribution in [0.15, 0.2) is 17.1 Å². The summed E-state index contributed by atoms with van der Waals surface area (Å²) < 4.78 is 36.8. The number of nitrogens with one attached hydrogen (secondary N) is 1. The maximum absolute atomic E-state index is 14.1. The fraction of sp³-hybridized carbons (Fsp3) is 0.680. The molecule has 1 aromatic carbocycles. The van der Waals surface area contributed by atoms with Crippen molar-refractivity contribution in [2.24, 2.45) is 4.99 Å². The molecule has 1 unspecified atom stereocenters. The molecule has 0 radical (unpaired) electrons. The molecule has 33 heavy (non-hydrogen) atoms. The van der Waals surface area contributed by atoms with Gasteiger partial charge in [0.15, 0.2) is 0 Å². The van der Waals surface area contributed by atoms with Gasteiger partial charge in [-0.15, -0.1) is 0 Å². The Kier molecular flexibility index (Phi) is 14.6. The van der Waals surface area contributed by atoms with Gasteiger partial charge in [0.05, 0.1) is 0 Å². The normalized spacial score (nSPS) is 12.8. The number of hydrogen-bond acceptors (Lipinski definition) is 3. The van der Waals surface area contributed by atoms with Gasteiger partial charge < -0.3 is 0 Å². The number of amides is 1. The van der Waals surface area contributed by atoms with E-state index in [-0.39, 0.29) is 15.4 Å². The molecule has 1 rings (SSSR count). The Morgan fingerprint density at radius 1 is 1.06 bits per heavy atom. The number of carbonyl (C=O) groups is 1. The summed E-state index contributed by atoms with van der Waals surface area (Å²) in [5, 5.41) is 12.5. The molecule has 0 aromatic heterocycles. The Bertz CT molecular complexity index is 702. The Balaban J connectivity index is 2.94. The number of halogens is 2. The van der Waals surface area contributed by atoms with Crippen molar-refractivity contribution in [2.75, 3.05) is 13.7 Å². The third-order valence-electron chi connectivity index (χ3n) is 6.41. The Morgan fingerprint density at radius 3 is 2.00 bits per heavy atom. The van der Waals surface area contributed by atoms with E-state index in [0.717, 1.165) is 57.1 Å². The molecule has 0 saturated carbocycles. The summed E-state index contributed by atoms with van der Waals surface area (Å²) in [6.07, 6.45) is 8.57. The molecule has 1 amide bonds. The first-order valence-corrected chi connectivity index (χ1v) is 20.1. The number of unbranched alkanes of at least 4 members (excludes halogenated alkanes) is 3. The van der Waals surface area contributed by atoms with Gasteiger partial charge in [-0.05, 0) is 0 Å².